The van der Waals surface area contributed by atoms with Gasteiger partial charge in [-0.1, -0.05) is 18.2 Å². The van der Waals surface area contributed by atoms with E-state index in [1.165, 1.54) is 5.56 Å². The van der Waals surface area contributed by atoms with Crippen molar-refractivity contribution in [2.24, 2.45) is 0 Å². The lowest BCUT2D eigenvalue weighted by Gasteiger charge is -2.37. The molecular formula is C20H21N3O2S. The number of carbonyl (C=O) groups excluding carboxylic acids is 1. The average molecular weight is 367 g/mol. The second-order valence-corrected chi connectivity index (χ2v) is 7.44. The SMILES string of the molecule is CC(c1ccsc1)N1CCN(C(=O)c2cc3ccccc3c(=O)[nH]2)CC1. The number of piperazine rings is 1. The van der Waals surface area contributed by atoms with E-state index in [1.807, 2.05) is 23.1 Å². The maximum absolute atomic E-state index is 12.8. The summed E-state index contributed by atoms with van der Waals surface area (Å²) in [7, 11) is 0. The van der Waals surface area contributed by atoms with E-state index in [0.29, 0.717) is 30.2 Å². The standard InChI is InChI=1S/C20H21N3O2S/c1-14(16-6-11-26-13-16)22-7-9-23(10-8-22)20(25)18-12-15-4-2-3-5-17(15)19(24)21-18/h2-6,11-14H,7-10H2,1H3,(H,21,24). The molecule has 1 aliphatic rings. The monoisotopic (exact) mass is 367 g/mol. The fourth-order valence-corrected chi connectivity index (χ4v) is 4.28. The number of aromatic amines is 1. The third-order valence-corrected chi connectivity index (χ3v) is 5.86. The third-order valence-electron chi connectivity index (χ3n) is 5.16. The van der Waals surface area contributed by atoms with Crippen LogP contribution in [0.3, 0.4) is 0 Å². The summed E-state index contributed by atoms with van der Waals surface area (Å²) in [6.07, 6.45) is 0. The number of thiophene rings is 1. The zero-order chi connectivity index (χ0) is 18.1. The van der Waals surface area contributed by atoms with Gasteiger partial charge in [0.05, 0.1) is 0 Å². The molecule has 0 radical (unpaired) electrons. The molecule has 1 N–H and O–H groups in total. The van der Waals surface area contributed by atoms with E-state index in [9.17, 15) is 9.59 Å². The van der Waals surface area contributed by atoms with Crippen LogP contribution in [0.25, 0.3) is 10.8 Å². The topological polar surface area (TPSA) is 56.4 Å². The minimum absolute atomic E-state index is 0.101. The lowest BCUT2D eigenvalue weighted by atomic mass is 10.1. The Balaban J connectivity index is 1.48. The predicted octanol–water partition coefficient (Wildman–Crippen LogP) is 3.11. The van der Waals surface area contributed by atoms with E-state index in [2.05, 4.69) is 33.6 Å². The number of nitrogens with one attached hydrogen (secondary N) is 1. The van der Waals surface area contributed by atoms with Crippen molar-refractivity contribution in [3.8, 4) is 0 Å². The molecular weight excluding hydrogens is 346 g/mol. The molecule has 1 unspecified atom stereocenters. The molecule has 0 aliphatic carbocycles. The molecule has 1 saturated heterocycles. The van der Waals surface area contributed by atoms with Crippen LogP contribution in [0.1, 0.15) is 29.0 Å². The summed E-state index contributed by atoms with van der Waals surface area (Å²) in [5.41, 5.74) is 1.48. The Hall–Kier alpha value is -2.44. The molecule has 6 heteroatoms. The van der Waals surface area contributed by atoms with Gasteiger partial charge in [0.1, 0.15) is 5.69 Å². The van der Waals surface area contributed by atoms with Gasteiger partial charge < -0.3 is 9.88 Å². The second kappa shape index (κ2) is 7.05. The molecule has 0 bridgehead atoms. The highest BCUT2D eigenvalue weighted by Crippen LogP contribution is 2.24. The number of benzene rings is 1. The molecule has 3 aromatic rings. The molecule has 134 valence electrons. The van der Waals surface area contributed by atoms with Crippen molar-refractivity contribution >= 4 is 28.0 Å². The lowest BCUT2D eigenvalue weighted by Crippen LogP contribution is -2.49. The van der Waals surface area contributed by atoms with Crippen molar-refractivity contribution in [3.63, 3.8) is 0 Å². The molecule has 26 heavy (non-hydrogen) atoms. The maximum atomic E-state index is 12.8. The third kappa shape index (κ3) is 3.18. The molecule has 5 nitrogen and oxygen atoms in total. The highest BCUT2D eigenvalue weighted by Gasteiger charge is 2.26. The summed E-state index contributed by atoms with van der Waals surface area (Å²) in [5, 5.41) is 5.69. The summed E-state index contributed by atoms with van der Waals surface area (Å²) < 4.78 is 0. The van der Waals surface area contributed by atoms with E-state index in [0.717, 1.165) is 18.5 Å². The Bertz CT molecular complexity index is 972. The molecule has 4 rings (SSSR count). The normalized spacial score (nSPS) is 16.7. The van der Waals surface area contributed by atoms with Gasteiger partial charge in [-0.2, -0.15) is 11.3 Å². The van der Waals surface area contributed by atoms with Gasteiger partial charge in [0.2, 0.25) is 0 Å². The zero-order valence-electron chi connectivity index (χ0n) is 14.6. The number of hydrogen-bond donors (Lipinski definition) is 1. The maximum Gasteiger partial charge on any atom is 0.270 e. The van der Waals surface area contributed by atoms with Crippen molar-refractivity contribution in [3.05, 3.63) is 68.8 Å². The van der Waals surface area contributed by atoms with Crippen LogP contribution in [0.15, 0.2) is 52.0 Å². The Labute approximate surface area is 155 Å². The number of aromatic nitrogens is 1. The van der Waals surface area contributed by atoms with Crippen molar-refractivity contribution in [1.29, 1.82) is 0 Å². The van der Waals surface area contributed by atoms with Gasteiger partial charge in [0, 0.05) is 37.6 Å². The largest absolute Gasteiger partial charge is 0.335 e. The van der Waals surface area contributed by atoms with Crippen LogP contribution in [0.4, 0.5) is 0 Å². The summed E-state index contributed by atoms with van der Waals surface area (Å²) in [4.78, 5) is 32.0. The van der Waals surface area contributed by atoms with E-state index in [-0.39, 0.29) is 11.5 Å². The number of amides is 1. The molecule has 2 aromatic heterocycles. The van der Waals surface area contributed by atoms with Gasteiger partial charge in [-0.3, -0.25) is 14.5 Å². The van der Waals surface area contributed by atoms with Crippen molar-refractivity contribution in [2.45, 2.75) is 13.0 Å². The summed E-state index contributed by atoms with van der Waals surface area (Å²) in [6.45, 7) is 5.21. The van der Waals surface area contributed by atoms with E-state index < -0.39 is 0 Å². The zero-order valence-corrected chi connectivity index (χ0v) is 15.5. The minimum Gasteiger partial charge on any atom is -0.335 e. The van der Waals surface area contributed by atoms with Gasteiger partial charge >= 0.3 is 0 Å². The van der Waals surface area contributed by atoms with Crippen LogP contribution in [-0.4, -0.2) is 46.9 Å². The van der Waals surface area contributed by atoms with Crippen molar-refractivity contribution in [1.82, 2.24) is 14.8 Å². The number of pyridine rings is 1. The first-order valence-corrected chi connectivity index (χ1v) is 9.75. The molecule has 1 aromatic carbocycles. The van der Waals surface area contributed by atoms with Gasteiger partial charge in [0.15, 0.2) is 0 Å². The van der Waals surface area contributed by atoms with Crippen LogP contribution in [0, 0.1) is 0 Å². The first-order chi connectivity index (χ1) is 12.6. The Morgan fingerprint density at radius 3 is 2.65 bits per heavy atom. The molecule has 3 heterocycles. The Morgan fingerprint density at radius 1 is 1.15 bits per heavy atom. The summed E-state index contributed by atoms with van der Waals surface area (Å²) in [5.74, 6) is -0.101. The van der Waals surface area contributed by atoms with Crippen molar-refractivity contribution < 1.29 is 4.79 Å². The number of nitrogens with zero attached hydrogens (tertiary/aromatic N) is 2. The summed E-state index contributed by atoms with van der Waals surface area (Å²) >= 11 is 1.71. The van der Waals surface area contributed by atoms with Gasteiger partial charge in [0.25, 0.3) is 11.5 Å². The fourth-order valence-electron chi connectivity index (χ4n) is 3.53. The van der Waals surface area contributed by atoms with Gasteiger partial charge in [-0.15, -0.1) is 0 Å². The van der Waals surface area contributed by atoms with Crippen LogP contribution in [0.5, 0.6) is 0 Å². The van der Waals surface area contributed by atoms with E-state index in [4.69, 9.17) is 0 Å². The molecule has 0 saturated carbocycles. The van der Waals surface area contributed by atoms with E-state index in [1.54, 1.807) is 23.5 Å². The van der Waals surface area contributed by atoms with Crippen LogP contribution in [0.2, 0.25) is 0 Å². The molecule has 1 fully saturated rings. The average Bonchev–Trinajstić information content (AvgIpc) is 3.22. The Morgan fingerprint density at radius 2 is 1.92 bits per heavy atom. The number of H-pyrrole nitrogens is 1. The van der Waals surface area contributed by atoms with Crippen LogP contribution in [-0.2, 0) is 0 Å². The van der Waals surface area contributed by atoms with Crippen LogP contribution < -0.4 is 5.56 Å². The molecule has 1 atom stereocenters. The lowest BCUT2D eigenvalue weighted by molar-refractivity contribution is 0.0577. The molecule has 1 aliphatic heterocycles. The fraction of sp³-hybridized carbons (Fsp3) is 0.300. The van der Waals surface area contributed by atoms with Gasteiger partial charge in [-0.25, -0.2) is 0 Å². The molecule has 0 spiro atoms. The highest BCUT2D eigenvalue weighted by atomic mass is 32.1. The number of rotatable bonds is 3. The first-order valence-electron chi connectivity index (χ1n) is 8.81. The molecule has 1 amide bonds. The summed E-state index contributed by atoms with van der Waals surface area (Å²) in [6, 6.07) is 11.6. The number of fused-ring (bicyclic) bond motifs is 1. The number of carbonyl (C=O) groups is 1. The highest BCUT2D eigenvalue weighted by molar-refractivity contribution is 7.07. The van der Waals surface area contributed by atoms with Gasteiger partial charge in [-0.05, 0) is 46.8 Å². The Kier molecular flexibility index (Phi) is 4.61. The van der Waals surface area contributed by atoms with E-state index >= 15 is 0 Å². The smallest absolute Gasteiger partial charge is 0.270 e. The number of hydrogen-bond acceptors (Lipinski definition) is 4. The van der Waals surface area contributed by atoms with Crippen molar-refractivity contribution in [2.75, 3.05) is 26.2 Å². The minimum atomic E-state index is -0.212. The second-order valence-electron chi connectivity index (χ2n) is 6.66. The first kappa shape index (κ1) is 17.0. The predicted molar refractivity (Wildman–Crippen MR) is 105 cm³/mol. The quantitative estimate of drug-likeness (QED) is 0.774. The van der Waals surface area contributed by atoms with Crippen LogP contribution >= 0.6 is 11.3 Å².